The monoisotopic (exact) mass is 574 g/mol. The van der Waals surface area contributed by atoms with Gasteiger partial charge in [0.15, 0.2) is 8.07 Å². The third-order valence-electron chi connectivity index (χ3n) is 8.32. The van der Waals surface area contributed by atoms with Crippen molar-refractivity contribution in [1.82, 2.24) is 0 Å². The van der Waals surface area contributed by atoms with Crippen LogP contribution < -0.4 is 20.7 Å². The first-order valence-corrected chi connectivity index (χ1v) is 16.4. The van der Waals surface area contributed by atoms with Crippen molar-refractivity contribution >= 4 is 39.6 Å². The van der Waals surface area contributed by atoms with Crippen molar-refractivity contribution < 1.29 is 8.78 Å². The number of hydrogen-bond acceptors (Lipinski definition) is 0. The Morgan fingerprint density at radius 3 is 1.23 bits per heavy atom. The molecule has 0 aliphatic heterocycles. The third-order valence-corrected chi connectivity index (χ3v) is 13.1. The van der Waals surface area contributed by atoms with Gasteiger partial charge in [0.05, 0.1) is 0 Å². The van der Waals surface area contributed by atoms with Crippen LogP contribution in [0.15, 0.2) is 170 Å². The Labute approximate surface area is 251 Å². The molecular weight excluding hydrogens is 547 g/mol. The van der Waals surface area contributed by atoms with Crippen LogP contribution in [0.25, 0.3) is 33.0 Å². The first-order chi connectivity index (χ1) is 21.1. The van der Waals surface area contributed by atoms with Crippen molar-refractivity contribution in [3.05, 3.63) is 181 Å². The van der Waals surface area contributed by atoms with Crippen LogP contribution in [0.5, 0.6) is 0 Å². The van der Waals surface area contributed by atoms with Crippen LogP contribution in [0.4, 0.5) is 8.78 Å². The van der Waals surface area contributed by atoms with Gasteiger partial charge in [-0.25, -0.2) is 8.78 Å². The van der Waals surface area contributed by atoms with E-state index in [1.807, 2.05) is 24.3 Å². The Balaban J connectivity index is 1.48. The van der Waals surface area contributed by atoms with Crippen molar-refractivity contribution in [2.45, 2.75) is 0 Å². The summed E-state index contributed by atoms with van der Waals surface area (Å²) in [5.74, 6) is -1.17. The van der Waals surface area contributed by atoms with Gasteiger partial charge >= 0.3 is 0 Å². The molecule has 206 valence electrons. The predicted octanol–water partition coefficient (Wildman–Crippen LogP) is 7.83. The normalized spacial score (nSPS) is 11.5. The molecule has 0 saturated carbocycles. The lowest BCUT2D eigenvalue weighted by Gasteiger charge is -2.34. The number of hydrogen-bond donors (Lipinski definition) is 0. The van der Waals surface area contributed by atoms with Gasteiger partial charge in [-0.2, -0.15) is 0 Å². The summed E-state index contributed by atoms with van der Waals surface area (Å²) >= 11 is 0. The quantitative estimate of drug-likeness (QED) is 0.140. The molecule has 0 nitrogen and oxygen atoms in total. The summed E-state index contributed by atoms with van der Waals surface area (Å²) in [5, 5.41) is 7.23. The minimum Gasteiger partial charge on any atom is -0.207 e. The molecule has 0 unspecified atom stereocenters. The van der Waals surface area contributed by atoms with Crippen LogP contribution in [-0.2, 0) is 0 Å². The average molecular weight is 575 g/mol. The molecule has 7 rings (SSSR count). The number of halogens is 2. The maximum Gasteiger partial charge on any atom is 0.179 e. The molecule has 0 aromatic heterocycles. The van der Waals surface area contributed by atoms with Crippen molar-refractivity contribution in [2.24, 2.45) is 0 Å². The van der Waals surface area contributed by atoms with E-state index in [0.717, 1.165) is 33.5 Å². The van der Waals surface area contributed by atoms with Crippen molar-refractivity contribution in [3.8, 4) is 22.3 Å². The molecule has 0 radical (unpaired) electrons. The smallest absolute Gasteiger partial charge is 0.179 e. The van der Waals surface area contributed by atoms with Gasteiger partial charge in [0.2, 0.25) is 0 Å². The second-order valence-corrected chi connectivity index (χ2v) is 14.6. The van der Waals surface area contributed by atoms with Crippen molar-refractivity contribution in [2.75, 3.05) is 0 Å². The lowest BCUT2D eigenvalue weighted by atomic mass is 9.93. The summed E-state index contributed by atoms with van der Waals surface area (Å²) in [6, 6.07) is 57.4. The fourth-order valence-corrected chi connectivity index (χ4v) is 11.3. The number of rotatable bonds is 6. The highest BCUT2D eigenvalue weighted by Gasteiger charge is 2.41. The van der Waals surface area contributed by atoms with Crippen LogP contribution in [0.3, 0.4) is 0 Å². The molecule has 0 saturated heterocycles. The zero-order chi connectivity index (χ0) is 29.2. The van der Waals surface area contributed by atoms with E-state index >= 15 is 0 Å². The molecule has 3 heteroatoms. The zero-order valence-corrected chi connectivity index (χ0v) is 24.4. The standard InChI is InChI=1S/C40H28F2Si/c41-31-25-30(26-32(42)28-31)38-22-12-23-39-37(21-11-24-40(38)39)29-13-10-20-36(27-29)43(33-14-4-1-5-15-33,34-16-6-2-7-17-34)35-18-8-3-9-19-35/h1-28H. The summed E-state index contributed by atoms with van der Waals surface area (Å²) < 4.78 is 28.4. The maximum absolute atomic E-state index is 14.2. The first kappa shape index (κ1) is 26.8. The van der Waals surface area contributed by atoms with Gasteiger partial charge in [-0.15, -0.1) is 0 Å². The second-order valence-electron chi connectivity index (χ2n) is 10.8. The van der Waals surface area contributed by atoms with Crippen LogP contribution in [-0.4, -0.2) is 8.07 Å². The molecule has 0 aliphatic rings. The van der Waals surface area contributed by atoms with Crippen LogP contribution in [0.2, 0.25) is 0 Å². The van der Waals surface area contributed by atoms with Gasteiger partial charge in [0, 0.05) is 6.07 Å². The van der Waals surface area contributed by atoms with E-state index in [1.165, 1.54) is 32.9 Å². The van der Waals surface area contributed by atoms with Gasteiger partial charge in [-0.3, -0.25) is 0 Å². The molecule has 0 aliphatic carbocycles. The lowest BCUT2D eigenvalue weighted by Crippen LogP contribution is -2.74. The molecule has 7 aromatic carbocycles. The van der Waals surface area contributed by atoms with E-state index in [0.29, 0.717) is 5.56 Å². The van der Waals surface area contributed by atoms with E-state index < -0.39 is 19.7 Å². The molecule has 0 spiro atoms. The lowest BCUT2D eigenvalue weighted by molar-refractivity contribution is 0.584. The summed E-state index contributed by atoms with van der Waals surface area (Å²) in [6.45, 7) is 0. The summed E-state index contributed by atoms with van der Waals surface area (Å²) in [6.07, 6.45) is 0. The van der Waals surface area contributed by atoms with Crippen LogP contribution >= 0.6 is 0 Å². The van der Waals surface area contributed by atoms with Crippen LogP contribution in [0, 0.1) is 11.6 Å². The molecule has 43 heavy (non-hydrogen) atoms. The SMILES string of the molecule is Fc1cc(F)cc(-c2cccc3c(-c4cccc([Si](c5ccccc5)(c5ccccc5)c5ccccc5)c4)cccc23)c1. The van der Waals surface area contributed by atoms with E-state index in [2.05, 4.69) is 127 Å². The van der Waals surface area contributed by atoms with Crippen molar-refractivity contribution in [3.63, 3.8) is 0 Å². The van der Waals surface area contributed by atoms with Gasteiger partial charge in [-0.05, 0) is 65.9 Å². The van der Waals surface area contributed by atoms with Gasteiger partial charge in [0.1, 0.15) is 11.6 Å². The van der Waals surface area contributed by atoms with E-state index in [9.17, 15) is 8.78 Å². The molecule has 0 heterocycles. The minimum atomic E-state index is -2.69. The molecule has 0 fully saturated rings. The maximum atomic E-state index is 14.2. The number of benzene rings is 7. The zero-order valence-electron chi connectivity index (χ0n) is 23.4. The Morgan fingerprint density at radius 1 is 0.326 bits per heavy atom. The highest BCUT2D eigenvalue weighted by Crippen LogP contribution is 2.35. The predicted molar refractivity (Wildman–Crippen MR) is 178 cm³/mol. The largest absolute Gasteiger partial charge is 0.207 e. The molecule has 0 bridgehead atoms. The topological polar surface area (TPSA) is 0 Å². The van der Waals surface area contributed by atoms with Crippen LogP contribution in [0.1, 0.15) is 0 Å². The molecule has 0 N–H and O–H groups in total. The van der Waals surface area contributed by atoms with Crippen molar-refractivity contribution in [1.29, 1.82) is 0 Å². The third kappa shape index (κ3) is 4.78. The van der Waals surface area contributed by atoms with Gasteiger partial charge in [0.25, 0.3) is 0 Å². The van der Waals surface area contributed by atoms with Gasteiger partial charge < -0.3 is 0 Å². The molecule has 0 amide bonds. The van der Waals surface area contributed by atoms with Gasteiger partial charge in [-0.1, -0.05) is 152 Å². The number of fused-ring (bicyclic) bond motifs is 1. The highest BCUT2D eigenvalue weighted by molar-refractivity contribution is 7.19. The van der Waals surface area contributed by atoms with E-state index in [-0.39, 0.29) is 0 Å². The average Bonchev–Trinajstić information content (AvgIpc) is 3.06. The van der Waals surface area contributed by atoms with E-state index in [4.69, 9.17) is 0 Å². The molecule has 0 atom stereocenters. The Bertz CT molecular complexity index is 1920. The fourth-order valence-electron chi connectivity index (χ4n) is 6.51. The van der Waals surface area contributed by atoms with E-state index in [1.54, 1.807) is 0 Å². The second kappa shape index (κ2) is 11.3. The molecular formula is C40H28F2Si. The summed E-state index contributed by atoms with van der Waals surface area (Å²) in [5.41, 5.74) is 3.51. The Hall–Kier alpha value is -5.12. The minimum absolute atomic E-state index is 0.526. The Kier molecular flexibility index (Phi) is 7.02. The summed E-state index contributed by atoms with van der Waals surface area (Å²) in [7, 11) is -2.69. The fraction of sp³-hybridized carbons (Fsp3) is 0. The molecule has 7 aromatic rings. The highest BCUT2D eigenvalue weighted by atomic mass is 28.3. The Morgan fingerprint density at radius 2 is 0.744 bits per heavy atom. The first-order valence-electron chi connectivity index (χ1n) is 14.4. The summed E-state index contributed by atoms with van der Waals surface area (Å²) in [4.78, 5) is 0.